The van der Waals surface area contributed by atoms with Crippen molar-refractivity contribution in [1.82, 2.24) is 14.8 Å². The molecule has 9 heteroatoms. The molecule has 0 spiro atoms. The number of rotatable bonds is 6. The van der Waals surface area contributed by atoms with Gasteiger partial charge < -0.3 is 14.2 Å². The van der Waals surface area contributed by atoms with Gasteiger partial charge in [0.15, 0.2) is 0 Å². The van der Waals surface area contributed by atoms with Gasteiger partial charge in [0.25, 0.3) is 0 Å². The van der Waals surface area contributed by atoms with Crippen LogP contribution in [-0.2, 0) is 31.2 Å². The summed E-state index contributed by atoms with van der Waals surface area (Å²) in [5.74, 6) is -0.431. The Labute approximate surface area is 167 Å². The van der Waals surface area contributed by atoms with Gasteiger partial charge in [-0.2, -0.15) is 5.10 Å². The lowest BCUT2D eigenvalue weighted by atomic mass is 9.76. The number of nitrogens with zero attached hydrogens (tertiary/aromatic N) is 3. The number of aryl methyl sites for hydroxylation is 1. The Kier molecular flexibility index (Phi) is 6.05. The molecular formula is C18H21Cl2N3O4. The van der Waals surface area contributed by atoms with Crippen LogP contribution in [0.25, 0.3) is 0 Å². The first kappa shape index (κ1) is 20.1. The monoisotopic (exact) mass is 413 g/mol. The van der Waals surface area contributed by atoms with Crippen molar-refractivity contribution in [1.29, 1.82) is 0 Å². The lowest BCUT2D eigenvalue weighted by Gasteiger charge is -2.48. The third-order valence-electron chi connectivity index (χ3n) is 4.80. The third-order valence-corrected chi connectivity index (χ3v) is 5.39. The molecule has 1 saturated heterocycles. The van der Waals surface area contributed by atoms with Gasteiger partial charge in [-0.1, -0.05) is 29.3 Å². The molecule has 27 heavy (non-hydrogen) atoms. The van der Waals surface area contributed by atoms with Gasteiger partial charge in [-0.15, -0.1) is 0 Å². The Bertz CT molecular complexity index is 794. The summed E-state index contributed by atoms with van der Waals surface area (Å²) in [5, 5.41) is 5.39. The van der Waals surface area contributed by atoms with Crippen molar-refractivity contribution >= 4 is 29.2 Å². The third kappa shape index (κ3) is 4.11. The van der Waals surface area contributed by atoms with E-state index < -0.39 is 17.1 Å². The molecule has 1 aliphatic heterocycles. The fourth-order valence-corrected chi connectivity index (χ4v) is 3.94. The minimum atomic E-state index is -1.15. The molecule has 1 aliphatic rings. The van der Waals surface area contributed by atoms with E-state index in [0.29, 0.717) is 36.1 Å². The molecule has 2 aromatic rings. The first-order chi connectivity index (χ1) is 12.9. The molecule has 0 aliphatic carbocycles. The van der Waals surface area contributed by atoms with Crippen molar-refractivity contribution in [2.75, 3.05) is 20.0 Å². The van der Waals surface area contributed by atoms with E-state index in [1.807, 2.05) is 13.0 Å². The van der Waals surface area contributed by atoms with Crippen molar-refractivity contribution in [3.63, 3.8) is 0 Å². The molecule has 0 radical (unpaired) electrons. The molecule has 2 heterocycles. The molecule has 0 amide bonds. The van der Waals surface area contributed by atoms with Gasteiger partial charge in [-0.05, 0) is 31.0 Å². The van der Waals surface area contributed by atoms with E-state index in [1.165, 1.54) is 19.6 Å². The second kappa shape index (κ2) is 8.14. The molecule has 3 rings (SSSR count). The number of carbonyl (C=O) groups excluding carboxylic acids is 1. The van der Waals surface area contributed by atoms with E-state index in [4.69, 9.17) is 37.4 Å². The minimum Gasteiger partial charge on any atom is -0.436 e. The van der Waals surface area contributed by atoms with Crippen LogP contribution >= 0.6 is 23.2 Å². The molecule has 1 aromatic carbocycles. The van der Waals surface area contributed by atoms with Crippen LogP contribution in [0.5, 0.6) is 0 Å². The summed E-state index contributed by atoms with van der Waals surface area (Å²) in [5.41, 5.74) is -0.943. The number of aromatic nitrogens is 3. The van der Waals surface area contributed by atoms with E-state index in [1.54, 1.807) is 16.8 Å². The van der Waals surface area contributed by atoms with E-state index in [9.17, 15) is 4.79 Å². The van der Waals surface area contributed by atoms with E-state index in [-0.39, 0.29) is 6.79 Å². The highest BCUT2D eigenvalue weighted by Crippen LogP contribution is 2.44. The maximum Gasteiger partial charge on any atom is 0.304 e. The maximum absolute atomic E-state index is 12.1. The summed E-state index contributed by atoms with van der Waals surface area (Å²) in [6.45, 7) is 4.20. The lowest BCUT2D eigenvalue weighted by Crippen LogP contribution is -2.58. The Balaban J connectivity index is 2.01. The summed E-state index contributed by atoms with van der Waals surface area (Å²) < 4.78 is 18.6. The molecule has 1 aromatic heterocycles. The van der Waals surface area contributed by atoms with E-state index in [2.05, 4.69) is 10.1 Å². The molecule has 1 fully saturated rings. The Morgan fingerprint density at radius 1 is 1.37 bits per heavy atom. The van der Waals surface area contributed by atoms with Crippen LogP contribution in [0.15, 0.2) is 30.9 Å². The minimum absolute atomic E-state index is 0.201. The highest BCUT2D eigenvalue weighted by atomic mass is 35.5. The summed E-state index contributed by atoms with van der Waals surface area (Å²) in [6, 6.07) is 5.33. The van der Waals surface area contributed by atoms with Gasteiger partial charge >= 0.3 is 5.97 Å². The van der Waals surface area contributed by atoms with Crippen LogP contribution in [0.2, 0.25) is 10.0 Å². The van der Waals surface area contributed by atoms with Crippen LogP contribution in [0.4, 0.5) is 0 Å². The largest absolute Gasteiger partial charge is 0.436 e. The molecule has 0 bridgehead atoms. The van der Waals surface area contributed by atoms with Crippen LogP contribution in [0, 0.1) is 5.41 Å². The fourth-order valence-electron chi connectivity index (χ4n) is 3.43. The number of benzene rings is 1. The average molecular weight is 414 g/mol. The zero-order valence-corrected chi connectivity index (χ0v) is 16.7. The SMILES string of the molecule is CC(=O)OC(CCc1ccc(Cl)cc1Cl)(n1cncn1)C1(C)COCOC1. The van der Waals surface area contributed by atoms with Gasteiger partial charge in [-0.25, -0.2) is 9.67 Å². The van der Waals surface area contributed by atoms with E-state index in [0.717, 1.165) is 5.56 Å². The summed E-state index contributed by atoms with van der Waals surface area (Å²) in [4.78, 5) is 16.1. The lowest BCUT2D eigenvalue weighted by molar-refractivity contribution is -0.265. The van der Waals surface area contributed by atoms with Gasteiger partial charge in [-0.3, -0.25) is 4.79 Å². The number of carbonyl (C=O) groups is 1. The van der Waals surface area contributed by atoms with Crippen LogP contribution in [0.3, 0.4) is 0 Å². The van der Waals surface area contributed by atoms with Gasteiger partial charge in [0, 0.05) is 23.4 Å². The second-order valence-corrected chi connectivity index (χ2v) is 7.67. The highest BCUT2D eigenvalue weighted by molar-refractivity contribution is 6.35. The molecule has 146 valence electrons. The molecular weight excluding hydrogens is 393 g/mol. The summed E-state index contributed by atoms with van der Waals surface area (Å²) >= 11 is 12.3. The van der Waals surface area contributed by atoms with Crippen LogP contribution in [-0.4, -0.2) is 40.7 Å². The Morgan fingerprint density at radius 2 is 2.11 bits per heavy atom. The fraction of sp³-hybridized carbons (Fsp3) is 0.500. The normalized spacial score (nSPS) is 18.7. The van der Waals surface area contributed by atoms with Crippen molar-refractivity contribution in [2.45, 2.75) is 32.4 Å². The maximum atomic E-state index is 12.1. The predicted octanol–water partition coefficient (Wildman–Crippen LogP) is 3.44. The van der Waals surface area contributed by atoms with Gasteiger partial charge in [0.05, 0.1) is 18.6 Å². The predicted molar refractivity (Wildman–Crippen MR) is 99.4 cm³/mol. The number of ether oxygens (including phenoxy) is 3. The summed E-state index contributed by atoms with van der Waals surface area (Å²) in [7, 11) is 0. The van der Waals surface area contributed by atoms with Crippen molar-refractivity contribution in [3.05, 3.63) is 46.5 Å². The van der Waals surface area contributed by atoms with Gasteiger partial charge in [0.1, 0.15) is 19.4 Å². The van der Waals surface area contributed by atoms with Crippen LogP contribution < -0.4 is 0 Å². The van der Waals surface area contributed by atoms with Crippen molar-refractivity contribution in [3.8, 4) is 0 Å². The topological polar surface area (TPSA) is 75.5 Å². The average Bonchev–Trinajstić information content (AvgIpc) is 3.15. The highest BCUT2D eigenvalue weighted by Gasteiger charge is 2.55. The van der Waals surface area contributed by atoms with Crippen molar-refractivity contribution in [2.24, 2.45) is 5.41 Å². The number of hydrogen-bond acceptors (Lipinski definition) is 6. The summed E-state index contributed by atoms with van der Waals surface area (Å²) in [6.07, 6.45) is 3.87. The standard InChI is InChI=1S/C18H21Cl2N3O4/c1-13(24)27-18(23-11-21-10-22-23,17(2)8-25-12-26-9-17)6-5-14-3-4-15(19)7-16(14)20/h3-4,7,10-11H,5-6,8-9,12H2,1-2H3. The van der Waals surface area contributed by atoms with Gasteiger partial charge in [0.2, 0.25) is 5.72 Å². The number of esters is 1. The van der Waals surface area contributed by atoms with Crippen LogP contribution in [0.1, 0.15) is 25.8 Å². The smallest absolute Gasteiger partial charge is 0.304 e. The van der Waals surface area contributed by atoms with Crippen molar-refractivity contribution < 1.29 is 19.0 Å². The quantitative estimate of drug-likeness (QED) is 0.675. The molecule has 1 unspecified atom stereocenters. The second-order valence-electron chi connectivity index (χ2n) is 6.83. The molecule has 1 atom stereocenters. The number of hydrogen-bond donors (Lipinski definition) is 0. The number of halogens is 2. The Morgan fingerprint density at radius 3 is 2.70 bits per heavy atom. The molecule has 0 N–H and O–H groups in total. The first-order valence-corrected chi connectivity index (χ1v) is 9.26. The molecule has 0 saturated carbocycles. The zero-order chi connectivity index (χ0) is 19.5. The van der Waals surface area contributed by atoms with E-state index >= 15 is 0 Å². The molecule has 7 nitrogen and oxygen atoms in total. The zero-order valence-electron chi connectivity index (χ0n) is 15.2. The first-order valence-electron chi connectivity index (χ1n) is 8.50. The Hall–Kier alpha value is -1.67.